The number of rotatable bonds is 7. The standard InChI is InChI=1S/C11H20ClN3S/c1-4-13-10(6-7-16-3)11-9(12)8-14-15(11)5-2/h8,10,13H,4-7H2,1-3H3. The lowest BCUT2D eigenvalue weighted by molar-refractivity contribution is 0.484. The van der Waals surface area contributed by atoms with Gasteiger partial charge in [0.1, 0.15) is 0 Å². The van der Waals surface area contributed by atoms with E-state index in [2.05, 4.69) is 30.5 Å². The molecular formula is C11H20ClN3S. The molecule has 0 fully saturated rings. The highest BCUT2D eigenvalue weighted by atomic mass is 35.5. The van der Waals surface area contributed by atoms with Crippen LogP contribution in [-0.2, 0) is 6.54 Å². The van der Waals surface area contributed by atoms with Crippen molar-refractivity contribution in [3.8, 4) is 0 Å². The third kappa shape index (κ3) is 3.40. The van der Waals surface area contributed by atoms with E-state index in [1.165, 1.54) is 0 Å². The number of nitrogens with zero attached hydrogens (tertiary/aromatic N) is 2. The molecule has 92 valence electrons. The molecule has 0 aromatic carbocycles. The number of thioether (sulfide) groups is 1. The predicted molar refractivity (Wildman–Crippen MR) is 72.3 cm³/mol. The number of hydrogen-bond acceptors (Lipinski definition) is 3. The molecule has 0 aliphatic heterocycles. The molecule has 0 aliphatic rings. The monoisotopic (exact) mass is 261 g/mol. The highest BCUT2D eigenvalue weighted by Gasteiger charge is 2.18. The average Bonchev–Trinajstić information content (AvgIpc) is 2.66. The van der Waals surface area contributed by atoms with Gasteiger partial charge in [0.15, 0.2) is 0 Å². The van der Waals surface area contributed by atoms with Gasteiger partial charge in [0.05, 0.1) is 23.0 Å². The fourth-order valence-corrected chi connectivity index (χ4v) is 2.53. The van der Waals surface area contributed by atoms with Gasteiger partial charge in [0, 0.05) is 6.54 Å². The van der Waals surface area contributed by atoms with E-state index in [-0.39, 0.29) is 0 Å². The van der Waals surface area contributed by atoms with E-state index in [4.69, 9.17) is 11.6 Å². The van der Waals surface area contributed by atoms with Crippen LogP contribution in [0.25, 0.3) is 0 Å². The minimum atomic E-state index is 0.312. The van der Waals surface area contributed by atoms with Crippen molar-refractivity contribution >= 4 is 23.4 Å². The summed E-state index contributed by atoms with van der Waals surface area (Å²) in [6.07, 6.45) is 4.95. The molecule has 5 heteroatoms. The predicted octanol–water partition coefficient (Wildman–Crippen LogP) is 2.96. The molecule has 0 amide bonds. The van der Waals surface area contributed by atoms with Crippen LogP contribution in [-0.4, -0.2) is 28.3 Å². The molecule has 1 N–H and O–H groups in total. The molecular weight excluding hydrogens is 242 g/mol. The van der Waals surface area contributed by atoms with Crippen LogP contribution in [0.4, 0.5) is 0 Å². The van der Waals surface area contributed by atoms with E-state index in [1.807, 2.05) is 16.4 Å². The summed E-state index contributed by atoms with van der Waals surface area (Å²) in [5.74, 6) is 1.13. The van der Waals surface area contributed by atoms with E-state index in [9.17, 15) is 0 Å². The summed E-state index contributed by atoms with van der Waals surface area (Å²) in [5.41, 5.74) is 1.13. The lowest BCUT2D eigenvalue weighted by Crippen LogP contribution is -2.24. The van der Waals surface area contributed by atoms with Gasteiger partial charge in [-0.2, -0.15) is 16.9 Å². The fourth-order valence-electron chi connectivity index (χ4n) is 1.79. The summed E-state index contributed by atoms with van der Waals surface area (Å²) in [4.78, 5) is 0. The van der Waals surface area contributed by atoms with Gasteiger partial charge in [0.2, 0.25) is 0 Å². The highest BCUT2D eigenvalue weighted by molar-refractivity contribution is 7.98. The molecule has 0 bridgehead atoms. The van der Waals surface area contributed by atoms with Crippen molar-refractivity contribution in [1.29, 1.82) is 0 Å². The summed E-state index contributed by atoms with van der Waals surface area (Å²) < 4.78 is 1.98. The molecule has 0 saturated carbocycles. The number of aromatic nitrogens is 2. The van der Waals surface area contributed by atoms with E-state index >= 15 is 0 Å². The SMILES string of the molecule is CCNC(CCSC)c1c(Cl)cnn1CC. The number of nitrogens with one attached hydrogen (secondary N) is 1. The van der Waals surface area contributed by atoms with Gasteiger partial charge in [-0.1, -0.05) is 18.5 Å². The third-order valence-corrected chi connectivity index (χ3v) is 3.46. The molecule has 16 heavy (non-hydrogen) atoms. The van der Waals surface area contributed by atoms with Crippen molar-refractivity contribution in [1.82, 2.24) is 15.1 Å². The molecule has 1 unspecified atom stereocenters. The van der Waals surface area contributed by atoms with Gasteiger partial charge < -0.3 is 5.32 Å². The zero-order valence-electron chi connectivity index (χ0n) is 10.2. The fraction of sp³-hybridized carbons (Fsp3) is 0.727. The van der Waals surface area contributed by atoms with Crippen molar-refractivity contribution in [2.24, 2.45) is 0 Å². The third-order valence-electron chi connectivity index (χ3n) is 2.52. The van der Waals surface area contributed by atoms with Crippen LogP contribution < -0.4 is 5.32 Å². The average molecular weight is 262 g/mol. The maximum absolute atomic E-state index is 6.20. The first-order valence-electron chi connectivity index (χ1n) is 5.68. The molecule has 1 aromatic heterocycles. The van der Waals surface area contributed by atoms with Crippen LogP contribution in [0.2, 0.25) is 5.02 Å². The van der Waals surface area contributed by atoms with E-state index in [1.54, 1.807) is 6.20 Å². The minimum Gasteiger partial charge on any atom is -0.309 e. The Labute approximate surface area is 107 Å². The first-order chi connectivity index (χ1) is 7.74. The minimum absolute atomic E-state index is 0.312. The second-order valence-corrected chi connectivity index (χ2v) is 4.98. The number of halogens is 1. The Balaban J connectivity index is 2.85. The van der Waals surface area contributed by atoms with E-state index in [0.29, 0.717) is 6.04 Å². The van der Waals surface area contributed by atoms with Crippen LogP contribution in [0.1, 0.15) is 32.0 Å². The quantitative estimate of drug-likeness (QED) is 0.819. The Morgan fingerprint density at radius 2 is 2.31 bits per heavy atom. The van der Waals surface area contributed by atoms with Gasteiger partial charge in [0.25, 0.3) is 0 Å². The second-order valence-electron chi connectivity index (χ2n) is 3.59. The number of aryl methyl sites for hydroxylation is 1. The van der Waals surface area contributed by atoms with Gasteiger partial charge >= 0.3 is 0 Å². The van der Waals surface area contributed by atoms with Crippen molar-refractivity contribution in [3.05, 3.63) is 16.9 Å². The zero-order chi connectivity index (χ0) is 12.0. The van der Waals surface area contributed by atoms with Crippen LogP contribution in [0, 0.1) is 0 Å². The van der Waals surface area contributed by atoms with Crippen molar-refractivity contribution in [2.75, 3.05) is 18.6 Å². The Morgan fingerprint density at radius 3 is 2.88 bits per heavy atom. The summed E-state index contributed by atoms with van der Waals surface area (Å²) in [6.45, 7) is 6.02. The lowest BCUT2D eigenvalue weighted by Gasteiger charge is -2.19. The van der Waals surface area contributed by atoms with Crippen molar-refractivity contribution < 1.29 is 0 Å². The molecule has 0 radical (unpaired) electrons. The summed E-state index contributed by atoms with van der Waals surface area (Å²) >= 11 is 8.06. The Hall–Kier alpha value is -0.190. The summed E-state index contributed by atoms with van der Waals surface area (Å²) in [6, 6.07) is 0.312. The first kappa shape index (κ1) is 13.9. The largest absolute Gasteiger partial charge is 0.309 e. The van der Waals surface area contributed by atoms with E-state index < -0.39 is 0 Å². The zero-order valence-corrected chi connectivity index (χ0v) is 11.7. The summed E-state index contributed by atoms with van der Waals surface area (Å²) in [7, 11) is 0. The van der Waals surface area contributed by atoms with Crippen LogP contribution in [0.5, 0.6) is 0 Å². The smallest absolute Gasteiger partial charge is 0.0834 e. The Kier molecular flexibility index (Phi) is 6.24. The van der Waals surface area contributed by atoms with Crippen LogP contribution in [0.15, 0.2) is 6.20 Å². The van der Waals surface area contributed by atoms with Gasteiger partial charge in [-0.15, -0.1) is 0 Å². The van der Waals surface area contributed by atoms with Crippen LogP contribution in [0.3, 0.4) is 0 Å². The second kappa shape index (κ2) is 7.20. The number of hydrogen-bond donors (Lipinski definition) is 1. The van der Waals surface area contributed by atoms with Crippen molar-refractivity contribution in [3.63, 3.8) is 0 Å². The molecule has 0 spiro atoms. The topological polar surface area (TPSA) is 29.9 Å². The van der Waals surface area contributed by atoms with Gasteiger partial charge in [-0.25, -0.2) is 0 Å². The van der Waals surface area contributed by atoms with E-state index in [0.717, 1.165) is 36.0 Å². The molecule has 0 aliphatic carbocycles. The van der Waals surface area contributed by atoms with Gasteiger partial charge in [-0.05, 0) is 31.9 Å². The summed E-state index contributed by atoms with van der Waals surface area (Å²) in [5, 5.41) is 8.53. The maximum Gasteiger partial charge on any atom is 0.0834 e. The Morgan fingerprint density at radius 1 is 1.56 bits per heavy atom. The molecule has 0 saturated heterocycles. The maximum atomic E-state index is 6.20. The van der Waals surface area contributed by atoms with Gasteiger partial charge in [-0.3, -0.25) is 4.68 Å². The Bertz CT molecular complexity index is 314. The first-order valence-corrected chi connectivity index (χ1v) is 7.45. The molecule has 3 nitrogen and oxygen atoms in total. The molecule has 1 aromatic rings. The molecule has 1 heterocycles. The lowest BCUT2D eigenvalue weighted by atomic mass is 10.1. The van der Waals surface area contributed by atoms with Crippen LogP contribution >= 0.6 is 23.4 Å². The molecule has 1 rings (SSSR count). The van der Waals surface area contributed by atoms with Crippen molar-refractivity contribution in [2.45, 2.75) is 32.9 Å². The highest BCUT2D eigenvalue weighted by Crippen LogP contribution is 2.26. The molecule has 1 atom stereocenters. The normalized spacial score (nSPS) is 13.0.